The largest absolute Gasteiger partial charge is 0.467 e. The van der Waals surface area contributed by atoms with E-state index in [4.69, 9.17) is 4.42 Å². The number of hydrogen-bond donors (Lipinski definition) is 2. The molecule has 9 nitrogen and oxygen atoms in total. The molecule has 3 heterocycles. The molecule has 2 aromatic rings. The van der Waals surface area contributed by atoms with E-state index in [1.54, 1.807) is 6.26 Å². The number of hydrogen-bond acceptors (Lipinski definition) is 7. The number of nitrogens with one attached hydrogen (secondary N) is 2. The molecule has 1 saturated heterocycles. The van der Waals surface area contributed by atoms with Gasteiger partial charge in [0.1, 0.15) is 5.76 Å². The summed E-state index contributed by atoms with van der Waals surface area (Å²) in [6, 6.07) is 3.52. The van der Waals surface area contributed by atoms with Crippen molar-refractivity contribution in [2.45, 2.75) is 43.4 Å². The summed E-state index contributed by atoms with van der Waals surface area (Å²) >= 11 is 1.26. The molecular weight excluding hydrogens is 368 g/mol. The molecule has 2 N–H and O–H groups in total. The topological polar surface area (TPSA) is 105 Å². The molecule has 2 fully saturated rings. The number of rotatable bonds is 7. The molecule has 1 aliphatic heterocycles. The van der Waals surface area contributed by atoms with E-state index in [2.05, 4.69) is 25.7 Å². The first-order valence-corrected chi connectivity index (χ1v) is 10.1. The van der Waals surface area contributed by atoms with Crippen LogP contribution in [0.15, 0.2) is 28.0 Å². The molecule has 2 aromatic heterocycles. The fourth-order valence-corrected chi connectivity index (χ4v) is 3.71. The first-order valence-electron chi connectivity index (χ1n) is 9.13. The number of imide groups is 1. The van der Waals surface area contributed by atoms with E-state index in [0.29, 0.717) is 11.7 Å². The summed E-state index contributed by atoms with van der Waals surface area (Å²) in [6.45, 7) is 2.39. The van der Waals surface area contributed by atoms with Gasteiger partial charge in [0.05, 0.1) is 18.6 Å². The van der Waals surface area contributed by atoms with Crippen LogP contribution in [0.4, 0.5) is 10.7 Å². The van der Waals surface area contributed by atoms with E-state index < -0.39 is 6.03 Å². The Balaban J connectivity index is 1.41. The van der Waals surface area contributed by atoms with Crippen molar-refractivity contribution < 1.29 is 14.0 Å². The Kier molecular flexibility index (Phi) is 5.33. The molecule has 144 valence electrons. The van der Waals surface area contributed by atoms with Gasteiger partial charge in [0.2, 0.25) is 11.9 Å². The van der Waals surface area contributed by atoms with E-state index in [9.17, 15) is 9.59 Å². The second kappa shape index (κ2) is 8.03. The minimum atomic E-state index is -0.432. The van der Waals surface area contributed by atoms with Crippen LogP contribution in [-0.4, -0.2) is 51.6 Å². The third kappa shape index (κ3) is 4.62. The summed E-state index contributed by atoms with van der Waals surface area (Å²) in [5, 5.41) is 14.3. The van der Waals surface area contributed by atoms with Crippen molar-refractivity contribution in [2.75, 3.05) is 23.7 Å². The molecule has 0 radical (unpaired) electrons. The standard InChI is InChI=1S/C17H22N6O3S/c24-14(19-15(25)18-12-5-6-12)11-27-17-21-20-16(22-7-1-2-8-22)23(17)10-13-4-3-9-26-13/h3-4,9,12H,1-2,5-8,10-11H2,(H2,18,19,24,25). The first kappa shape index (κ1) is 17.9. The zero-order valence-corrected chi connectivity index (χ0v) is 15.7. The molecule has 0 spiro atoms. The van der Waals surface area contributed by atoms with Crippen LogP contribution in [0.3, 0.4) is 0 Å². The van der Waals surface area contributed by atoms with Crippen LogP contribution in [0.5, 0.6) is 0 Å². The fourth-order valence-electron chi connectivity index (χ4n) is 2.98. The Morgan fingerprint density at radius 2 is 2.07 bits per heavy atom. The second-order valence-corrected chi connectivity index (χ2v) is 7.67. The van der Waals surface area contributed by atoms with Crippen molar-refractivity contribution in [3.8, 4) is 0 Å². The lowest BCUT2D eigenvalue weighted by molar-refractivity contribution is -0.117. The number of aromatic nitrogens is 3. The van der Waals surface area contributed by atoms with Crippen molar-refractivity contribution in [1.29, 1.82) is 0 Å². The van der Waals surface area contributed by atoms with Crippen LogP contribution in [0, 0.1) is 0 Å². The molecule has 0 unspecified atom stereocenters. The highest BCUT2D eigenvalue weighted by molar-refractivity contribution is 7.99. The quantitative estimate of drug-likeness (QED) is 0.692. The summed E-state index contributed by atoms with van der Waals surface area (Å²) < 4.78 is 7.43. The number of urea groups is 1. The average Bonchev–Trinajstić information content (AvgIpc) is 3.10. The zero-order chi connectivity index (χ0) is 18.6. The number of nitrogens with zero attached hydrogens (tertiary/aromatic N) is 4. The van der Waals surface area contributed by atoms with E-state index in [1.165, 1.54) is 11.8 Å². The van der Waals surface area contributed by atoms with Gasteiger partial charge in [-0.25, -0.2) is 4.79 Å². The number of anilines is 1. The molecule has 4 rings (SSSR count). The van der Waals surface area contributed by atoms with Crippen molar-refractivity contribution in [1.82, 2.24) is 25.4 Å². The van der Waals surface area contributed by atoms with Gasteiger partial charge in [-0.1, -0.05) is 11.8 Å². The summed E-state index contributed by atoms with van der Waals surface area (Å²) in [4.78, 5) is 25.9. The Morgan fingerprint density at radius 3 is 2.78 bits per heavy atom. The number of carbonyl (C=O) groups is 2. The lowest BCUT2D eigenvalue weighted by atomic mass is 10.4. The molecular formula is C17H22N6O3S. The zero-order valence-electron chi connectivity index (χ0n) is 14.9. The van der Waals surface area contributed by atoms with E-state index in [-0.39, 0.29) is 17.7 Å². The Labute approximate surface area is 160 Å². The number of carbonyl (C=O) groups excluding carboxylic acids is 2. The molecule has 10 heteroatoms. The molecule has 0 atom stereocenters. The average molecular weight is 390 g/mol. The van der Waals surface area contributed by atoms with Gasteiger partial charge in [-0.2, -0.15) is 0 Å². The molecule has 0 bridgehead atoms. The van der Waals surface area contributed by atoms with E-state index >= 15 is 0 Å². The Morgan fingerprint density at radius 1 is 1.26 bits per heavy atom. The molecule has 27 heavy (non-hydrogen) atoms. The smallest absolute Gasteiger partial charge is 0.321 e. The van der Waals surface area contributed by atoms with Crippen molar-refractivity contribution >= 4 is 29.6 Å². The van der Waals surface area contributed by atoms with Gasteiger partial charge in [0.25, 0.3) is 0 Å². The Hall–Kier alpha value is -2.49. The third-order valence-corrected chi connectivity index (χ3v) is 5.44. The molecule has 1 aliphatic carbocycles. The van der Waals surface area contributed by atoms with E-state index in [1.807, 2.05) is 16.7 Å². The normalized spacial score (nSPS) is 16.5. The predicted octanol–water partition coefficient (Wildman–Crippen LogP) is 1.60. The van der Waals surface area contributed by atoms with E-state index in [0.717, 1.165) is 50.5 Å². The molecule has 3 amide bonds. The van der Waals surface area contributed by atoms with Crippen molar-refractivity contribution in [2.24, 2.45) is 0 Å². The van der Waals surface area contributed by atoms with Crippen LogP contribution in [0.1, 0.15) is 31.4 Å². The molecule has 1 saturated carbocycles. The third-order valence-electron chi connectivity index (χ3n) is 4.48. The molecule has 0 aromatic carbocycles. The molecule has 2 aliphatic rings. The van der Waals surface area contributed by atoms with Gasteiger partial charge >= 0.3 is 6.03 Å². The van der Waals surface area contributed by atoms with Gasteiger partial charge in [0, 0.05) is 19.1 Å². The lowest BCUT2D eigenvalue weighted by Gasteiger charge is -2.17. The van der Waals surface area contributed by atoms with Gasteiger partial charge in [-0.15, -0.1) is 10.2 Å². The van der Waals surface area contributed by atoms with Crippen LogP contribution in [-0.2, 0) is 11.3 Å². The number of thioether (sulfide) groups is 1. The van der Waals surface area contributed by atoms with Gasteiger partial charge in [-0.3, -0.25) is 14.7 Å². The number of amides is 3. The minimum absolute atomic E-state index is 0.0916. The minimum Gasteiger partial charge on any atom is -0.467 e. The highest BCUT2D eigenvalue weighted by Gasteiger charge is 2.25. The van der Waals surface area contributed by atoms with Crippen LogP contribution < -0.4 is 15.5 Å². The maximum Gasteiger partial charge on any atom is 0.321 e. The van der Waals surface area contributed by atoms with Crippen molar-refractivity contribution in [3.63, 3.8) is 0 Å². The van der Waals surface area contributed by atoms with Crippen LogP contribution in [0.25, 0.3) is 0 Å². The predicted molar refractivity (Wildman–Crippen MR) is 99.7 cm³/mol. The lowest BCUT2D eigenvalue weighted by Crippen LogP contribution is -2.41. The Bertz CT molecular complexity index is 796. The highest BCUT2D eigenvalue weighted by atomic mass is 32.2. The summed E-state index contributed by atoms with van der Waals surface area (Å²) in [6.07, 6.45) is 5.86. The van der Waals surface area contributed by atoms with Gasteiger partial charge in [-0.05, 0) is 37.8 Å². The monoisotopic (exact) mass is 390 g/mol. The van der Waals surface area contributed by atoms with Crippen LogP contribution in [0.2, 0.25) is 0 Å². The maximum absolute atomic E-state index is 12.0. The van der Waals surface area contributed by atoms with Gasteiger partial charge < -0.3 is 14.6 Å². The summed E-state index contributed by atoms with van der Waals surface area (Å²) in [7, 11) is 0. The SMILES string of the molecule is O=C(CSc1nnc(N2CCCC2)n1Cc1ccco1)NC(=O)NC1CC1. The summed E-state index contributed by atoms with van der Waals surface area (Å²) in [5.41, 5.74) is 0. The second-order valence-electron chi connectivity index (χ2n) is 6.73. The first-order chi connectivity index (χ1) is 13.2. The maximum atomic E-state index is 12.0. The fraction of sp³-hybridized carbons (Fsp3) is 0.529. The number of furan rings is 1. The highest BCUT2D eigenvalue weighted by Crippen LogP contribution is 2.26. The van der Waals surface area contributed by atoms with Crippen LogP contribution >= 0.6 is 11.8 Å². The summed E-state index contributed by atoms with van der Waals surface area (Å²) in [5.74, 6) is 1.33. The van der Waals surface area contributed by atoms with Crippen molar-refractivity contribution in [3.05, 3.63) is 24.2 Å². The van der Waals surface area contributed by atoms with Gasteiger partial charge in [0.15, 0.2) is 5.16 Å².